The van der Waals surface area contributed by atoms with Crippen molar-refractivity contribution in [2.75, 3.05) is 18.2 Å². The summed E-state index contributed by atoms with van der Waals surface area (Å²) < 4.78 is 6.13. The Labute approximate surface area is 206 Å². The van der Waals surface area contributed by atoms with Gasteiger partial charge in [0.25, 0.3) is 5.91 Å². The van der Waals surface area contributed by atoms with Gasteiger partial charge in [-0.1, -0.05) is 36.4 Å². The molecule has 5 aromatic rings. The second-order valence-corrected chi connectivity index (χ2v) is 8.14. The Hall–Kier alpha value is -5.05. The molecular weight excluding hydrogens is 456 g/mol. The minimum atomic E-state index is -0.425. The van der Waals surface area contributed by atoms with Crippen molar-refractivity contribution in [2.24, 2.45) is 5.10 Å². The number of carbonyl (C=O) groups excluding carboxylic acids is 2. The first-order chi connectivity index (χ1) is 17.4. The quantitative estimate of drug-likeness (QED) is 0.285. The Morgan fingerprint density at radius 2 is 1.72 bits per heavy atom. The van der Waals surface area contributed by atoms with Crippen LogP contribution in [0.2, 0.25) is 0 Å². The molecule has 3 N–H and O–H groups in total. The average molecular weight is 479 g/mol. The Kier molecular flexibility index (Phi) is 5.87. The molecule has 5 rings (SSSR count). The Morgan fingerprint density at radius 1 is 1.00 bits per heavy atom. The van der Waals surface area contributed by atoms with Crippen molar-refractivity contribution in [3.05, 3.63) is 95.1 Å². The lowest BCUT2D eigenvalue weighted by Gasteiger charge is -2.06. The largest absolute Gasteiger partial charge is 0.465 e. The molecule has 3 aromatic carbocycles. The minimum Gasteiger partial charge on any atom is -0.465 e. The van der Waals surface area contributed by atoms with E-state index in [9.17, 15) is 9.59 Å². The summed E-state index contributed by atoms with van der Waals surface area (Å²) in [5, 5.41) is 7.39. The number of rotatable bonds is 5. The van der Waals surface area contributed by atoms with E-state index >= 15 is 0 Å². The number of esters is 1. The highest BCUT2D eigenvalue weighted by Crippen LogP contribution is 2.28. The van der Waals surface area contributed by atoms with Gasteiger partial charge < -0.3 is 15.8 Å². The molecule has 0 aliphatic heterocycles. The summed E-state index contributed by atoms with van der Waals surface area (Å²) in [4.78, 5) is 34.4. The molecule has 0 fully saturated rings. The zero-order valence-electron chi connectivity index (χ0n) is 19.6. The van der Waals surface area contributed by atoms with Crippen molar-refractivity contribution < 1.29 is 14.3 Å². The molecule has 9 nitrogen and oxygen atoms in total. The molecule has 2 aromatic heterocycles. The van der Waals surface area contributed by atoms with Gasteiger partial charge in [-0.2, -0.15) is 9.78 Å². The molecule has 2 heterocycles. The zero-order chi connectivity index (χ0) is 25.2. The monoisotopic (exact) mass is 478 g/mol. The van der Waals surface area contributed by atoms with E-state index < -0.39 is 11.9 Å². The molecule has 0 saturated carbocycles. The fourth-order valence-electron chi connectivity index (χ4n) is 3.85. The number of para-hydroxylation sites is 2. The Balaban J connectivity index is 1.60. The lowest BCUT2D eigenvalue weighted by Crippen LogP contribution is -2.14. The third-order valence-electron chi connectivity index (χ3n) is 5.63. The van der Waals surface area contributed by atoms with Crippen LogP contribution >= 0.6 is 0 Å². The van der Waals surface area contributed by atoms with Crippen LogP contribution < -0.4 is 11.1 Å². The topological polar surface area (TPSA) is 124 Å². The summed E-state index contributed by atoms with van der Waals surface area (Å²) >= 11 is 0. The van der Waals surface area contributed by atoms with Gasteiger partial charge in [0.15, 0.2) is 5.65 Å². The van der Waals surface area contributed by atoms with Crippen molar-refractivity contribution >= 4 is 51.8 Å². The van der Waals surface area contributed by atoms with Gasteiger partial charge in [0, 0.05) is 5.69 Å². The second kappa shape index (κ2) is 9.30. The van der Waals surface area contributed by atoms with Gasteiger partial charge in [0.05, 0.1) is 29.9 Å². The van der Waals surface area contributed by atoms with Gasteiger partial charge in [-0.3, -0.25) is 4.79 Å². The molecule has 0 saturated heterocycles. The third-order valence-corrected chi connectivity index (χ3v) is 5.63. The molecule has 0 radical (unpaired) electrons. The van der Waals surface area contributed by atoms with Crippen LogP contribution in [0.15, 0.2) is 77.9 Å². The first-order valence-corrected chi connectivity index (χ1v) is 11.1. The number of amides is 1. The van der Waals surface area contributed by atoms with E-state index in [4.69, 9.17) is 10.5 Å². The first kappa shape index (κ1) is 22.7. The van der Waals surface area contributed by atoms with E-state index in [1.54, 1.807) is 36.5 Å². The van der Waals surface area contributed by atoms with Crippen LogP contribution in [-0.4, -0.2) is 39.8 Å². The van der Waals surface area contributed by atoms with E-state index in [1.807, 2.05) is 49.4 Å². The predicted molar refractivity (Wildman–Crippen MR) is 139 cm³/mol. The molecule has 0 atom stereocenters. The predicted octanol–water partition coefficient (Wildman–Crippen LogP) is 4.40. The van der Waals surface area contributed by atoms with Crippen molar-refractivity contribution in [2.45, 2.75) is 6.92 Å². The van der Waals surface area contributed by atoms with Crippen LogP contribution in [0, 0.1) is 6.92 Å². The zero-order valence-corrected chi connectivity index (χ0v) is 19.6. The standard InChI is InChI=1S/C27H22N6O3/c1-16-6-5-7-19(14-16)30-26(34)22-23-25(32-21-9-4-3-8-20(21)31-23)33(24(22)28)29-15-17-10-12-18(13-11-17)27(35)36-2/h3-15H,28H2,1-2H3,(H,30,34)/b29-15-. The summed E-state index contributed by atoms with van der Waals surface area (Å²) in [5.74, 6) is -0.734. The maximum atomic E-state index is 13.3. The molecule has 178 valence electrons. The molecule has 0 aliphatic carbocycles. The highest BCUT2D eigenvalue weighted by molar-refractivity contribution is 6.16. The summed E-state index contributed by atoms with van der Waals surface area (Å²) in [7, 11) is 1.33. The number of nitrogen functional groups attached to an aromatic ring is 1. The summed E-state index contributed by atoms with van der Waals surface area (Å²) in [6.07, 6.45) is 1.57. The fourth-order valence-corrected chi connectivity index (χ4v) is 3.85. The maximum absolute atomic E-state index is 13.3. The number of anilines is 2. The number of hydrogen-bond donors (Lipinski definition) is 2. The normalized spacial score (nSPS) is 11.3. The van der Waals surface area contributed by atoms with E-state index in [0.29, 0.717) is 39.0 Å². The van der Waals surface area contributed by atoms with Gasteiger partial charge in [0.1, 0.15) is 16.9 Å². The highest BCUT2D eigenvalue weighted by Gasteiger charge is 2.24. The van der Waals surface area contributed by atoms with Gasteiger partial charge in [-0.25, -0.2) is 14.8 Å². The van der Waals surface area contributed by atoms with Crippen LogP contribution in [-0.2, 0) is 4.74 Å². The Morgan fingerprint density at radius 3 is 2.42 bits per heavy atom. The van der Waals surface area contributed by atoms with E-state index in [2.05, 4.69) is 20.4 Å². The van der Waals surface area contributed by atoms with E-state index in [1.165, 1.54) is 11.8 Å². The molecule has 0 spiro atoms. The number of ether oxygens (including phenoxy) is 1. The molecule has 36 heavy (non-hydrogen) atoms. The fraction of sp³-hybridized carbons (Fsp3) is 0.0741. The van der Waals surface area contributed by atoms with Crippen LogP contribution in [0.25, 0.3) is 22.2 Å². The second-order valence-electron chi connectivity index (χ2n) is 8.14. The molecule has 0 unspecified atom stereocenters. The number of aryl methyl sites for hydroxylation is 1. The number of nitrogens with zero attached hydrogens (tertiary/aromatic N) is 4. The number of carbonyl (C=O) groups is 2. The first-order valence-electron chi connectivity index (χ1n) is 11.1. The number of benzene rings is 3. The van der Waals surface area contributed by atoms with E-state index in [-0.39, 0.29) is 11.4 Å². The van der Waals surface area contributed by atoms with Gasteiger partial charge >= 0.3 is 5.97 Å². The van der Waals surface area contributed by atoms with Crippen LogP contribution in [0.5, 0.6) is 0 Å². The van der Waals surface area contributed by atoms with Gasteiger partial charge in [0.2, 0.25) is 0 Å². The Bertz CT molecular complexity index is 1650. The van der Waals surface area contributed by atoms with Gasteiger partial charge in [-0.15, -0.1) is 0 Å². The highest BCUT2D eigenvalue weighted by atomic mass is 16.5. The molecule has 0 bridgehead atoms. The van der Waals surface area contributed by atoms with E-state index in [0.717, 1.165) is 5.56 Å². The summed E-state index contributed by atoms with van der Waals surface area (Å²) in [6.45, 7) is 1.94. The van der Waals surface area contributed by atoms with Crippen LogP contribution in [0.4, 0.5) is 11.5 Å². The minimum absolute atomic E-state index is 0.105. The van der Waals surface area contributed by atoms with Crippen molar-refractivity contribution in [3.8, 4) is 0 Å². The lowest BCUT2D eigenvalue weighted by atomic mass is 10.1. The lowest BCUT2D eigenvalue weighted by molar-refractivity contribution is 0.0600. The van der Waals surface area contributed by atoms with Crippen LogP contribution in [0.3, 0.4) is 0 Å². The number of fused-ring (bicyclic) bond motifs is 2. The molecular formula is C27H22N6O3. The molecule has 0 aliphatic rings. The summed E-state index contributed by atoms with van der Waals surface area (Å²) in [5.41, 5.74) is 11.4. The van der Waals surface area contributed by atoms with Gasteiger partial charge in [-0.05, 0) is 54.4 Å². The van der Waals surface area contributed by atoms with Crippen molar-refractivity contribution in [1.82, 2.24) is 14.6 Å². The number of hydrogen-bond acceptors (Lipinski definition) is 7. The molecule has 1 amide bonds. The number of nitrogens with one attached hydrogen (secondary N) is 1. The van der Waals surface area contributed by atoms with Crippen molar-refractivity contribution in [1.29, 1.82) is 0 Å². The maximum Gasteiger partial charge on any atom is 0.337 e. The SMILES string of the molecule is COC(=O)c1ccc(/C=N\n2c(N)c(C(=O)Nc3cccc(C)c3)c3nc4ccccc4nc32)cc1. The summed E-state index contributed by atoms with van der Waals surface area (Å²) in [6, 6.07) is 21.6. The number of methoxy groups -OCH3 is 1. The molecule has 9 heteroatoms. The third kappa shape index (κ3) is 4.25. The smallest absolute Gasteiger partial charge is 0.337 e. The van der Waals surface area contributed by atoms with Crippen LogP contribution in [0.1, 0.15) is 31.8 Å². The van der Waals surface area contributed by atoms with Crippen molar-refractivity contribution in [3.63, 3.8) is 0 Å². The number of nitrogens with two attached hydrogens (primary N) is 1. The number of aromatic nitrogens is 3. The average Bonchev–Trinajstić information content (AvgIpc) is 3.15.